The molecule has 1 aliphatic heterocycles. The molecule has 2 rings (SSSR count). The zero-order valence-electron chi connectivity index (χ0n) is 13.0. The minimum absolute atomic E-state index is 0.0218. The Morgan fingerprint density at radius 2 is 1.71 bits per heavy atom. The van der Waals surface area contributed by atoms with Gasteiger partial charge in [0.1, 0.15) is 5.82 Å². The van der Waals surface area contributed by atoms with Crippen LogP contribution in [0.15, 0.2) is 24.3 Å². The highest BCUT2D eigenvalue weighted by Crippen LogP contribution is 2.19. The standard InChI is InChI=1S/C16H18F4N2O2/c17-13-4-1-3-12(11-13)5-6-14(23)21-7-2-8-22(10-9-21)15(24)16(18,19)20/h1,3-4,11H,2,5-10H2. The van der Waals surface area contributed by atoms with E-state index in [1.807, 2.05) is 0 Å². The van der Waals surface area contributed by atoms with Gasteiger partial charge in [-0.15, -0.1) is 0 Å². The molecular formula is C16H18F4N2O2. The second kappa shape index (κ2) is 7.63. The first-order chi connectivity index (χ1) is 11.3. The Kier molecular flexibility index (Phi) is 5.80. The summed E-state index contributed by atoms with van der Waals surface area (Å²) in [7, 11) is 0. The molecule has 0 aliphatic carbocycles. The number of amides is 2. The summed E-state index contributed by atoms with van der Waals surface area (Å²) >= 11 is 0. The molecule has 1 aromatic carbocycles. The Labute approximate surface area is 137 Å². The van der Waals surface area contributed by atoms with Gasteiger partial charge in [0.2, 0.25) is 5.91 Å². The van der Waals surface area contributed by atoms with Crippen molar-refractivity contribution in [1.29, 1.82) is 0 Å². The number of nitrogens with zero attached hydrogens (tertiary/aromatic N) is 2. The minimum Gasteiger partial charge on any atom is -0.341 e. The van der Waals surface area contributed by atoms with Crippen LogP contribution < -0.4 is 0 Å². The molecule has 2 amide bonds. The predicted molar refractivity (Wildman–Crippen MR) is 78.6 cm³/mol. The third kappa shape index (κ3) is 4.94. The van der Waals surface area contributed by atoms with E-state index in [0.29, 0.717) is 24.9 Å². The van der Waals surface area contributed by atoms with Crippen molar-refractivity contribution in [2.75, 3.05) is 26.2 Å². The molecule has 1 aliphatic rings. The van der Waals surface area contributed by atoms with Crippen LogP contribution in [0.1, 0.15) is 18.4 Å². The number of carbonyl (C=O) groups excluding carboxylic acids is 2. The van der Waals surface area contributed by atoms with Crippen LogP contribution in [0.2, 0.25) is 0 Å². The summed E-state index contributed by atoms with van der Waals surface area (Å²) in [6.45, 7) is 0.226. The smallest absolute Gasteiger partial charge is 0.341 e. The Balaban J connectivity index is 1.86. The Morgan fingerprint density at radius 3 is 2.38 bits per heavy atom. The molecule has 0 N–H and O–H groups in total. The number of hydrogen-bond donors (Lipinski definition) is 0. The van der Waals surface area contributed by atoms with Crippen molar-refractivity contribution in [2.24, 2.45) is 0 Å². The normalized spacial score (nSPS) is 16.0. The number of aryl methyl sites for hydroxylation is 1. The monoisotopic (exact) mass is 346 g/mol. The maximum Gasteiger partial charge on any atom is 0.471 e. The first kappa shape index (κ1) is 18.2. The van der Waals surface area contributed by atoms with Crippen LogP contribution in [-0.2, 0) is 16.0 Å². The van der Waals surface area contributed by atoms with Gasteiger partial charge in [0.15, 0.2) is 0 Å². The van der Waals surface area contributed by atoms with Gasteiger partial charge in [-0.3, -0.25) is 9.59 Å². The lowest BCUT2D eigenvalue weighted by atomic mass is 10.1. The number of hydrogen-bond acceptors (Lipinski definition) is 2. The molecule has 1 heterocycles. The van der Waals surface area contributed by atoms with Gasteiger partial charge in [0.25, 0.3) is 0 Å². The SMILES string of the molecule is O=C(CCc1cccc(F)c1)N1CCCN(C(=O)C(F)(F)F)CC1. The van der Waals surface area contributed by atoms with E-state index < -0.39 is 12.1 Å². The van der Waals surface area contributed by atoms with E-state index in [4.69, 9.17) is 0 Å². The van der Waals surface area contributed by atoms with E-state index >= 15 is 0 Å². The molecule has 0 bridgehead atoms. The van der Waals surface area contributed by atoms with Crippen molar-refractivity contribution in [3.63, 3.8) is 0 Å². The zero-order valence-corrected chi connectivity index (χ0v) is 13.0. The van der Waals surface area contributed by atoms with Crippen molar-refractivity contribution in [3.05, 3.63) is 35.6 Å². The van der Waals surface area contributed by atoms with Crippen molar-refractivity contribution in [3.8, 4) is 0 Å². The first-order valence-corrected chi connectivity index (χ1v) is 7.65. The van der Waals surface area contributed by atoms with Crippen LogP contribution in [0, 0.1) is 5.82 Å². The molecule has 0 unspecified atom stereocenters. The lowest BCUT2D eigenvalue weighted by Gasteiger charge is -2.23. The molecule has 8 heteroatoms. The fraction of sp³-hybridized carbons (Fsp3) is 0.500. The van der Waals surface area contributed by atoms with E-state index in [1.165, 1.54) is 17.0 Å². The van der Waals surface area contributed by atoms with E-state index in [9.17, 15) is 27.2 Å². The van der Waals surface area contributed by atoms with Crippen LogP contribution in [0.25, 0.3) is 0 Å². The van der Waals surface area contributed by atoms with Crippen LogP contribution in [0.3, 0.4) is 0 Å². The molecule has 132 valence electrons. The van der Waals surface area contributed by atoms with E-state index in [2.05, 4.69) is 0 Å². The average molecular weight is 346 g/mol. The maximum absolute atomic E-state index is 13.1. The summed E-state index contributed by atoms with van der Waals surface area (Å²) in [5.74, 6) is -2.45. The van der Waals surface area contributed by atoms with Crippen molar-refractivity contribution < 1.29 is 27.2 Å². The third-order valence-corrected chi connectivity index (χ3v) is 3.89. The second-order valence-corrected chi connectivity index (χ2v) is 5.65. The molecule has 24 heavy (non-hydrogen) atoms. The van der Waals surface area contributed by atoms with Crippen molar-refractivity contribution >= 4 is 11.8 Å². The van der Waals surface area contributed by atoms with Crippen LogP contribution in [0.5, 0.6) is 0 Å². The summed E-state index contributed by atoms with van der Waals surface area (Å²) in [6.07, 6.45) is -4.08. The molecule has 1 fully saturated rings. The highest BCUT2D eigenvalue weighted by atomic mass is 19.4. The molecule has 0 radical (unpaired) electrons. The average Bonchev–Trinajstić information content (AvgIpc) is 2.77. The van der Waals surface area contributed by atoms with E-state index in [1.54, 1.807) is 12.1 Å². The van der Waals surface area contributed by atoms with E-state index in [0.717, 1.165) is 4.90 Å². The minimum atomic E-state index is -4.89. The Morgan fingerprint density at radius 1 is 1.04 bits per heavy atom. The van der Waals surface area contributed by atoms with Gasteiger partial charge in [-0.25, -0.2) is 4.39 Å². The van der Waals surface area contributed by atoms with Gasteiger partial charge in [-0.1, -0.05) is 12.1 Å². The lowest BCUT2D eigenvalue weighted by molar-refractivity contribution is -0.185. The molecule has 0 aromatic heterocycles. The second-order valence-electron chi connectivity index (χ2n) is 5.65. The third-order valence-electron chi connectivity index (χ3n) is 3.89. The summed E-state index contributed by atoms with van der Waals surface area (Å²) < 4.78 is 50.5. The molecule has 0 atom stereocenters. The largest absolute Gasteiger partial charge is 0.471 e. The van der Waals surface area contributed by atoms with Crippen LogP contribution in [-0.4, -0.2) is 54.0 Å². The number of alkyl halides is 3. The van der Waals surface area contributed by atoms with Crippen molar-refractivity contribution in [2.45, 2.75) is 25.4 Å². The first-order valence-electron chi connectivity index (χ1n) is 7.65. The fourth-order valence-corrected chi connectivity index (χ4v) is 2.65. The quantitative estimate of drug-likeness (QED) is 0.789. The number of carbonyl (C=O) groups is 2. The number of rotatable bonds is 3. The summed E-state index contributed by atoms with van der Waals surface area (Å²) in [4.78, 5) is 25.6. The molecule has 0 spiro atoms. The summed E-state index contributed by atoms with van der Waals surface area (Å²) in [6, 6.07) is 5.93. The lowest BCUT2D eigenvalue weighted by Crippen LogP contribution is -2.43. The zero-order chi connectivity index (χ0) is 17.7. The van der Waals surface area contributed by atoms with Crippen LogP contribution in [0.4, 0.5) is 17.6 Å². The van der Waals surface area contributed by atoms with Gasteiger partial charge in [0, 0.05) is 32.6 Å². The van der Waals surface area contributed by atoms with Gasteiger partial charge in [-0.2, -0.15) is 13.2 Å². The molecule has 4 nitrogen and oxygen atoms in total. The number of halogens is 4. The Bertz CT molecular complexity index is 604. The van der Waals surface area contributed by atoms with Gasteiger partial charge in [-0.05, 0) is 30.5 Å². The van der Waals surface area contributed by atoms with Crippen LogP contribution >= 0.6 is 0 Å². The highest BCUT2D eigenvalue weighted by Gasteiger charge is 2.42. The van der Waals surface area contributed by atoms with Gasteiger partial charge >= 0.3 is 12.1 Å². The fourth-order valence-electron chi connectivity index (χ4n) is 2.65. The predicted octanol–water partition coefficient (Wildman–Crippen LogP) is 2.38. The topological polar surface area (TPSA) is 40.6 Å². The number of benzene rings is 1. The maximum atomic E-state index is 13.1. The Hall–Kier alpha value is -2.12. The molecule has 1 aromatic rings. The van der Waals surface area contributed by atoms with Gasteiger partial charge in [0.05, 0.1) is 0 Å². The highest BCUT2D eigenvalue weighted by molar-refractivity contribution is 5.82. The van der Waals surface area contributed by atoms with Gasteiger partial charge < -0.3 is 9.80 Å². The van der Waals surface area contributed by atoms with Crippen molar-refractivity contribution in [1.82, 2.24) is 9.80 Å². The summed E-state index contributed by atoms with van der Waals surface area (Å²) in [5.41, 5.74) is 0.687. The molecule has 0 saturated carbocycles. The van der Waals surface area contributed by atoms with E-state index in [-0.39, 0.29) is 37.8 Å². The molecular weight excluding hydrogens is 328 g/mol. The molecule has 1 saturated heterocycles. The summed E-state index contributed by atoms with van der Waals surface area (Å²) in [5, 5.41) is 0.